The van der Waals surface area contributed by atoms with Gasteiger partial charge in [-0.3, -0.25) is 0 Å². The molecule has 2 unspecified atom stereocenters. The average Bonchev–Trinajstić information content (AvgIpc) is 2.48. The van der Waals surface area contributed by atoms with Gasteiger partial charge in [0.2, 0.25) is 0 Å². The molecule has 2 N–H and O–H groups in total. The Labute approximate surface area is 132 Å². The largest absolute Gasteiger partial charge is 0.497 e. The molecular weight excluding hydrogens is 337 g/mol. The molecule has 2 atom stereocenters. The van der Waals surface area contributed by atoms with Crippen LogP contribution in [0.1, 0.15) is 18.6 Å². The molecule has 0 spiro atoms. The van der Waals surface area contributed by atoms with Gasteiger partial charge in [0.05, 0.1) is 11.6 Å². The number of ether oxygens (including phenoxy) is 2. The van der Waals surface area contributed by atoms with E-state index < -0.39 is 0 Å². The van der Waals surface area contributed by atoms with Crippen molar-refractivity contribution in [2.75, 3.05) is 7.11 Å². The number of hydrogen-bond donors (Lipinski definition) is 1. The SMILES string of the molecule is COc1cccc(C(Oc2ccc(F)c(Br)c2)C(C)N)c1. The van der Waals surface area contributed by atoms with Gasteiger partial charge in [0.25, 0.3) is 0 Å². The molecule has 3 nitrogen and oxygen atoms in total. The first-order chi connectivity index (χ1) is 10.0. The highest BCUT2D eigenvalue weighted by Gasteiger charge is 2.19. The molecule has 0 aliphatic carbocycles. The van der Waals surface area contributed by atoms with E-state index in [-0.39, 0.29) is 18.0 Å². The van der Waals surface area contributed by atoms with Crippen LogP contribution in [0.5, 0.6) is 11.5 Å². The van der Waals surface area contributed by atoms with Gasteiger partial charge >= 0.3 is 0 Å². The van der Waals surface area contributed by atoms with Crippen molar-refractivity contribution >= 4 is 15.9 Å². The molecule has 2 rings (SSSR count). The molecule has 5 heteroatoms. The van der Waals surface area contributed by atoms with Crippen LogP contribution in [-0.2, 0) is 0 Å². The quantitative estimate of drug-likeness (QED) is 0.881. The highest BCUT2D eigenvalue weighted by atomic mass is 79.9. The van der Waals surface area contributed by atoms with Crippen LogP contribution in [0.25, 0.3) is 0 Å². The van der Waals surface area contributed by atoms with Crippen LogP contribution in [0.3, 0.4) is 0 Å². The third-order valence-corrected chi connectivity index (χ3v) is 3.66. The van der Waals surface area contributed by atoms with Crippen molar-refractivity contribution in [3.05, 3.63) is 58.3 Å². The lowest BCUT2D eigenvalue weighted by molar-refractivity contribution is 0.180. The summed E-state index contributed by atoms with van der Waals surface area (Å²) in [5, 5.41) is 0. The Morgan fingerprint density at radius 3 is 2.52 bits per heavy atom. The first-order valence-electron chi connectivity index (χ1n) is 6.52. The molecule has 2 aromatic carbocycles. The minimum Gasteiger partial charge on any atom is -0.497 e. The number of rotatable bonds is 5. The topological polar surface area (TPSA) is 44.5 Å². The normalized spacial score (nSPS) is 13.6. The maximum Gasteiger partial charge on any atom is 0.139 e. The first kappa shape index (κ1) is 15.8. The van der Waals surface area contributed by atoms with E-state index in [2.05, 4.69) is 15.9 Å². The minimum absolute atomic E-state index is 0.235. The molecule has 0 aromatic heterocycles. The summed E-state index contributed by atoms with van der Waals surface area (Å²) < 4.78 is 24.8. The summed E-state index contributed by atoms with van der Waals surface area (Å²) in [5.41, 5.74) is 6.93. The summed E-state index contributed by atoms with van der Waals surface area (Å²) in [6.07, 6.45) is -0.350. The Hall–Kier alpha value is -1.59. The molecule has 112 valence electrons. The summed E-state index contributed by atoms with van der Waals surface area (Å²) in [6, 6.07) is 11.8. The third kappa shape index (κ3) is 3.95. The highest BCUT2D eigenvalue weighted by Crippen LogP contribution is 2.29. The fraction of sp³-hybridized carbons (Fsp3) is 0.250. The van der Waals surface area contributed by atoms with Crippen molar-refractivity contribution in [1.29, 1.82) is 0 Å². The van der Waals surface area contributed by atoms with Gasteiger partial charge in [-0.15, -0.1) is 0 Å². The van der Waals surface area contributed by atoms with Gasteiger partial charge in [-0.2, -0.15) is 0 Å². The van der Waals surface area contributed by atoms with E-state index in [9.17, 15) is 4.39 Å². The van der Waals surface area contributed by atoms with Gasteiger partial charge in [-0.1, -0.05) is 12.1 Å². The molecule has 0 fully saturated rings. The van der Waals surface area contributed by atoms with Crippen LogP contribution in [0.15, 0.2) is 46.9 Å². The molecule has 0 amide bonds. The minimum atomic E-state index is -0.350. The fourth-order valence-corrected chi connectivity index (χ4v) is 2.35. The summed E-state index contributed by atoms with van der Waals surface area (Å²) in [6.45, 7) is 1.86. The lowest BCUT2D eigenvalue weighted by Crippen LogP contribution is -2.29. The molecular formula is C16H17BrFNO2. The Bertz CT molecular complexity index is 619. The Kier molecular flexibility index (Phi) is 5.20. The Balaban J connectivity index is 2.28. The van der Waals surface area contributed by atoms with E-state index in [0.717, 1.165) is 11.3 Å². The molecule has 0 saturated heterocycles. The van der Waals surface area contributed by atoms with Crippen molar-refractivity contribution in [3.8, 4) is 11.5 Å². The second-order valence-electron chi connectivity index (χ2n) is 4.75. The van der Waals surface area contributed by atoms with Crippen LogP contribution >= 0.6 is 15.9 Å². The van der Waals surface area contributed by atoms with Gasteiger partial charge in [0.1, 0.15) is 23.4 Å². The number of benzene rings is 2. The zero-order valence-electron chi connectivity index (χ0n) is 11.8. The van der Waals surface area contributed by atoms with E-state index in [1.54, 1.807) is 19.2 Å². The van der Waals surface area contributed by atoms with Crippen molar-refractivity contribution in [2.24, 2.45) is 5.73 Å². The van der Waals surface area contributed by atoms with Crippen LogP contribution in [-0.4, -0.2) is 13.2 Å². The maximum atomic E-state index is 13.3. The highest BCUT2D eigenvalue weighted by molar-refractivity contribution is 9.10. The van der Waals surface area contributed by atoms with Crippen molar-refractivity contribution in [2.45, 2.75) is 19.1 Å². The number of hydrogen-bond acceptors (Lipinski definition) is 3. The third-order valence-electron chi connectivity index (χ3n) is 3.05. The van der Waals surface area contributed by atoms with Crippen LogP contribution < -0.4 is 15.2 Å². The summed E-state index contributed by atoms with van der Waals surface area (Å²) in [4.78, 5) is 0. The monoisotopic (exact) mass is 353 g/mol. The zero-order chi connectivity index (χ0) is 15.4. The first-order valence-corrected chi connectivity index (χ1v) is 7.32. The van der Waals surface area contributed by atoms with Crippen LogP contribution in [0.2, 0.25) is 0 Å². The van der Waals surface area contributed by atoms with Crippen molar-refractivity contribution in [3.63, 3.8) is 0 Å². The van der Waals surface area contributed by atoms with E-state index in [4.69, 9.17) is 15.2 Å². The number of methoxy groups -OCH3 is 1. The molecule has 0 aliphatic rings. The number of nitrogens with two attached hydrogens (primary N) is 1. The molecule has 2 aromatic rings. The lowest BCUT2D eigenvalue weighted by Gasteiger charge is -2.23. The molecule has 0 saturated carbocycles. The standard InChI is InChI=1S/C16H17BrFNO2/c1-10(19)16(11-4-3-5-12(8-11)20-2)21-13-6-7-15(18)14(17)9-13/h3-10,16H,19H2,1-2H3. The van der Waals surface area contributed by atoms with Gasteiger partial charge in [0, 0.05) is 6.04 Å². The maximum absolute atomic E-state index is 13.3. The molecule has 0 bridgehead atoms. The average molecular weight is 354 g/mol. The predicted octanol–water partition coefficient (Wildman–Crippen LogP) is 4.06. The van der Waals surface area contributed by atoms with Crippen LogP contribution in [0.4, 0.5) is 4.39 Å². The number of halogens is 2. The molecule has 0 radical (unpaired) electrons. The van der Waals surface area contributed by atoms with E-state index in [1.165, 1.54) is 6.07 Å². The van der Waals surface area contributed by atoms with Gasteiger partial charge in [-0.05, 0) is 58.7 Å². The fourth-order valence-electron chi connectivity index (χ4n) is 1.99. The van der Waals surface area contributed by atoms with E-state index in [0.29, 0.717) is 10.2 Å². The molecule has 21 heavy (non-hydrogen) atoms. The van der Waals surface area contributed by atoms with Gasteiger partial charge in [0.15, 0.2) is 0 Å². The molecule has 0 aliphatic heterocycles. The summed E-state index contributed by atoms with van der Waals surface area (Å²) in [5.74, 6) is 0.955. The summed E-state index contributed by atoms with van der Waals surface area (Å²) in [7, 11) is 1.61. The van der Waals surface area contributed by atoms with Crippen molar-refractivity contribution < 1.29 is 13.9 Å². The van der Waals surface area contributed by atoms with Gasteiger partial charge < -0.3 is 15.2 Å². The smallest absolute Gasteiger partial charge is 0.139 e. The second-order valence-corrected chi connectivity index (χ2v) is 5.60. The predicted molar refractivity (Wildman–Crippen MR) is 84.1 cm³/mol. The molecule has 0 heterocycles. The van der Waals surface area contributed by atoms with Crippen molar-refractivity contribution in [1.82, 2.24) is 0 Å². The van der Waals surface area contributed by atoms with Crippen LogP contribution in [0, 0.1) is 5.82 Å². The zero-order valence-corrected chi connectivity index (χ0v) is 13.4. The Morgan fingerprint density at radius 2 is 1.90 bits per heavy atom. The summed E-state index contributed by atoms with van der Waals surface area (Å²) >= 11 is 3.15. The lowest BCUT2D eigenvalue weighted by atomic mass is 10.0. The van der Waals surface area contributed by atoms with Gasteiger partial charge in [-0.25, -0.2) is 4.39 Å². The second kappa shape index (κ2) is 6.91. The van der Waals surface area contributed by atoms with E-state index >= 15 is 0 Å². The Morgan fingerprint density at radius 1 is 1.14 bits per heavy atom. The van der Waals surface area contributed by atoms with E-state index in [1.807, 2.05) is 31.2 Å².